The van der Waals surface area contributed by atoms with Crippen molar-refractivity contribution >= 4 is 29.1 Å². The van der Waals surface area contributed by atoms with Crippen LogP contribution in [0.4, 0.5) is 10.1 Å². The fraction of sp³-hybridized carbons (Fsp3) is 0.189. The number of aryl methyl sites for hydroxylation is 1. The van der Waals surface area contributed by atoms with Crippen LogP contribution in [0.25, 0.3) is 5.69 Å². The first-order valence-electron chi connectivity index (χ1n) is 15.8. The number of amides is 2. The first kappa shape index (κ1) is 30.6. The Hall–Kier alpha value is -5.68. The summed E-state index contributed by atoms with van der Waals surface area (Å²) in [7, 11) is 0. The van der Waals surface area contributed by atoms with E-state index >= 15 is 4.79 Å². The molecule has 0 spiro atoms. The molecule has 3 aliphatic rings. The second kappa shape index (κ2) is 11.2. The highest BCUT2D eigenvalue weighted by Gasteiger charge is 2.68. The second-order valence-corrected chi connectivity index (χ2v) is 13.1. The van der Waals surface area contributed by atoms with Gasteiger partial charge in [-0.15, -0.1) is 0 Å². The molecule has 49 heavy (non-hydrogen) atoms. The number of carbonyl (C=O) groups excluding carboxylic acids is 2. The van der Waals surface area contributed by atoms with Gasteiger partial charge in [0.2, 0.25) is 0 Å². The number of halogens is 2. The Bertz CT molecular complexity index is 2310. The molecule has 0 unspecified atom stereocenters. The molecule has 1 aromatic heterocycles. The Balaban J connectivity index is 1.38. The fourth-order valence-electron chi connectivity index (χ4n) is 7.95. The zero-order valence-corrected chi connectivity index (χ0v) is 26.8. The summed E-state index contributed by atoms with van der Waals surface area (Å²) in [5.41, 5.74) is 3.46. The van der Waals surface area contributed by atoms with Gasteiger partial charge in [0.05, 0.1) is 35.3 Å². The summed E-state index contributed by atoms with van der Waals surface area (Å²) < 4.78 is 17.7. The van der Waals surface area contributed by atoms with Crippen molar-refractivity contribution in [3.8, 4) is 11.4 Å². The number of benzene rings is 4. The number of rotatable bonds is 5. The van der Waals surface area contributed by atoms with Crippen molar-refractivity contribution in [2.75, 3.05) is 5.43 Å². The Labute approximate surface area is 283 Å². The summed E-state index contributed by atoms with van der Waals surface area (Å²) >= 11 is 6.33. The minimum absolute atomic E-state index is 0.0202. The number of hydrazine groups is 1. The van der Waals surface area contributed by atoms with Gasteiger partial charge in [-0.3, -0.25) is 15.0 Å². The van der Waals surface area contributed by atoms with E-state index in [0.29, 0.717) is 38.7 Å². The molecule has 4 atom stereocenters. The summed E-state index contributed by atoms with van der Waals surface area (Å²) in [5, 5.41) is 11.9. The molecule has 0 bridgehead atoms. The zero-order chi connectivity index (χ0) is 34.2. The number of allylic oxidation sites excluding steroid dienone is 2. The number of para-hydroxylation sites is 1. The molecule has 1 saturated carbocycles. The first-order valence-corrected chi connectivity index (χ1v) is 16.1. The van der Waals surface area contributed by atoms with Crippen molar-refractivity contribution in [1.29, 1.82) is 0 Å². The fourth-order valence-corrected chi connectivity index (χ4v) is 8.07. The maximum absolute atomic E-state index is 15.1. The third-order valence-corrected chi connectivity index (χ3v) is 10.3. The number of carbonyl (C=O) groups is 2. The lowest BCUT2D eigenvalue weighted by atomic mass is 9.53. The van der Waals surface area contributed by atoms with Gasteiger partial charge in [-0.2, -0.15) is 5.01 Å². The monoisotopic (exact) mass is 677 g/mol. The van der Waals surface area contributed by atoms with E-state index in [2.05, 4.69) is 5.43 Å². The largest absolute Gasteiger partial charge is 0.508 e. The lowest BCUT2D eigenvalue weighted by Crippen LogP contribution is -2.53. The van der Waals surface area contributed by atoms with Crippen LogP contribution in [0.5, 0.6) is 5.75 Å². The lowest BCUT2D eigenvalue weighted by molar-refractivity contribution is -0.138. The molecule has 1 aliphatic carbocycles. The van der Waals surface area contributed by atoms with E-state index in [1.54, 1.807) is 79.7 Å². The highest BCUT2D eigenvalue weighted by Crippen LogP contribution is 2.62. The highest BCUT2D eigenvalue weighted by atomic mass is 35.5. The Morgan fingerprint density at radius 3 is 2.31 bits per heavy atom. The Morgan fingerprint density at radius 2 is 1.61 bits per heavy atom. The van der Waals surface area contributed by atoms with Gasteiger partial charge in [0.15, 0.2) is 0 Å². The van der Waals surface area contributed by atoms with E-state index in [1.807, 2.05) is 6.08 Å². The Kier molecular flexibility index (Phi) is 7.00. The van der Waals surface area contributed by atoms with Crippen LogP contribution in [0.15, 0.2) is 118 Å². The van der Waals surface area contributed by atoms with E-state index < -0.39 is 52.3 Å². The van der Waals surface area contributed by atoms with E-state index in [0.717, 1.165) is 9.58 Å². The summed E-state index contributed by atoms with van der Waals surface area (Å²) in [5.74, 6) is -3.34. The molecule has 3 heterocycles. The topological polar surface area (TPSA) is 119 Å². The second-order valence-electron chi connectivity index (χ2n) is 12.6. The summed E-state index contributed by atoms with van der Waals surface area (Å²) in [6, 6.07) is 25.0. The van der Waals surface area contributed by atoms with Gasteiger partial charge in [0.25, 0.3) is 11.8 Å². The molecular weight excluding hydrogens is 649 g/mol. The molecule has 0 radical (unpaired) electrons. The van der Waals surface area contributed by atoms with Gasteiger partial charge in [-0.25, -0.2) is 27.9 Å². The van der Waals surface area contributed by atoms with Crippen molar-refractivity contribution < 1.29 is 19.1 Å². The third kappa shape index (κ3) is 4.45. The number of aromatic hydroxyl groups is 1. The van der Waals surface area contributed by atoms with Crippen molar-refractivity contribution in [3.05, 3.63) is 157 Å². The number of hydrogen-bond donors (Lipinski definition) is 2. The van der Waals surface area contributed by atoms with Gasteiger partial charge < -0.3 is 5.11 Å². The summed E-state index contributed by atoms with van der Waals surface area (Å²) in [6.07, 6.45) is 1.89. The molecule has 1 saturated heterocycles. The number of phenols is 1. The van der Waals surface area contributed by atoms with E-state index in [1.165, 1.54) is 33.6 Å². The highest BCUT2D eigenvalue weighted by molar-refractivity contribution is 6.30. The van der Waals surface area contributed by atoms with Gasteiger partial charge in [-0.1, -0.05) is 60.1 Å². The normalized spacial score (nSPS) is 22.7. The molecule has 246 valence electrons. The predicted octanol–water partition coefficient (Wildman–Crippen LogP) is 5.23. The average molecular weight is 678 g/mol. The van der Waals surface area contributed by atoms with Crippen LogP contribution >= 0.6 is 11.6 Å². The molecule has 5 aromatic rings. The number of aromatic nitrogens is 3. The zero-order valence-electron chi connectivity index (χ0n) is 26.1. The maximum Gasteiger partial charge on any atom is 0.352 e. The van der Waals surface area contributed by atoms with E-state index in [4.69, 9.17) is 11.6 Å². The third-order valence-electron chi connectivity index (χ3n) is 10.1. The van der Waals surface area contributed by atoms with Crippen molar-refractivity contribution in [2.24, 2.45) is 5.92 Å². The summed E-state index contributed by atoms with van der Waals surface area (Å²) in [6.45, 7) is 1.79. The van der Waals surface area contributed by atoms with Crippen LogP contribution in [0, 0.1) is 18.7 Å². The van der Waals surface area contributed by atoms with Crippen molar-refractivity contribution in [3.63, 3.8) is 0 Å². The van der Waals surface area contributed by atoms with Gasteiger partial charge in [0, 0.05) is 10.9 Å². The van der Waals surface area contributed by atoms with Gasteiger partial charge in [0.1, 0.15) is 11.6 Å². The SMILES string of the molecule is Cc1cc([C@H]2C3=CCn4c(=O)n(-c5ccccc5)c(=O)n4[C@@H]3C[C@H]3C(=O)N(Nc4ccc(F)cc4)C(=O)[C@@]23c2ccc(Cl)cc2)ccc1O. The number of phenolic OH excluding ortho intramolecular Hbond substituents is 1. The number of anilines is 1. The molecular formula is C37H29ClFN5O5. The number of hydrogen-bond acceptors (Lipinski definition) is 6. The van der Waals surface area contributed by atoms with Crippen LogP contribution < -0.4 is 16.8 Å². The van der Waals surface area contributed by atoms with Crippen LogP contribution in [-0.2, 0) is 21.5 Å². The Morgan fingerprint density at radius 1 is 0.898 bits per heavy atom. The quantitative estimate of drug-likeness (QED) is 0.195. The minimum atomic E-state index is -1.53. The average Bonchev–Trinajstić information content (AvgIpc) is 3.48. The van der Waals surface area contributed by atoms with Crippen LogP contribution in [0.3, 0.4) is 0 Å². The van der Waals surface area contributed by atoms with E-state index in [9.17, 15) is 23.9 Å². The molecule has 2 aliphatic heterocycles. The van der Waals surface area contributed by atoms with Crippen molar-refractivity contribution in [2.45, 2.75) is 37.3 Å². The number of nitrogens with zero attached hydrogens (tertiary/aromatic N) is 4. The molecule has 2 amide bonds. The van der Waals surface area contributed by atoms with E-state index in [-0.39, 0.29) is 18.7 Å². The molecule has 4 aromatic carbocycles. The summed E-state index contributed by atoms with van der Waals surface area (Å²) in [4.78, 5) is 57.7. The van der Waals surface area contributed by atoms with Crippen molar-refractivity contribution in [1.82, 2.24) is 18.9 Å². The number of fused-ring (bicyclic) bond motifs is 4. The lowest BCUT2D eigenvalue weighted by Gasteiger charge is -2.49. The number of imide groups is 1. The molecule has 2 N–H and O–H groups in total. The van der Waals surface area contributed by atoms with Crippen LogP contribution in [-0.4, -0.2) is 35.9 Å². The smallest absolute Gasteiger partial charge is 0.352 e. The predicted molar refractivity (Wildman–Crippen MR) is 180 cm³/mol. The molecule has 8 rings (SSSR count). The van der Waals surface area contributed by atoms with Crippen LogP contribution in [0.1, 0.15) is 35.1 Å². The minimum Gasteiger partial charge on any atom is -0.508 e. The molecule has 2 fully saturated rings. The number of nitrogens with one attached hydrogen (secondary N) is 1. The van der Waals surface area contributed by atoms with Gasteiger partial charge in [-0.05, 0) is 90.2 Å². The van der Waals surface area contributed by atoms with Crippen LogP contribution in [0.2, 0.25) is 5.02 Å². The molecule has 10 nitrogen and oxygen atoms in total. The first-order chi connectivity index (χ1) is 23.6. The molecule has 12 heteroatoms. The standard InChI is InChI=1S/C37H29ClFN5O5/c1-21-19-22(7-16-31(21)45)32-28-17-18-41-35(48)42(27-5-3-2-4-6-27)36(49)44(41)30(28)20-29-33(46)43(40-26-14-12-25(39)13-15-26)34(47)37(29,32)23-8-10-24(38)11-9-23/h2-17,19,29-30,32,40,45H,18,20H2,1H3/t29-,30+,32-,37+/m0/s1. The maximum atomic E-state index is 15.1. The van der Waals surface area contributed by atoms with Gasteiger partial charge >= 0.3 is 11.4 Å².